The summed E-state index contributed by atoms with van der Waals surface area (Å²) in [7, 11) is 2.10. The number of aryl methyl sites for hydroxylation is 1. The highest BCUT2D eigenvalue weighted by Gasteiger charge is 2.16. The SMILES string of the molecule is Cc1ccnc(N(C)C(C)Cc2cccs2)c1CN. The molecule has 102 valence electrons. The summed E-state index contributed by atoms with van der Waals surface area (Å²) in [6, 6.07) is 6.70. The molecule has 0 aliphatic heterocycles. The summed E-state index contributed by atoms with van der Waals surface area (Å²) < 4.78 is 0. The van der Waals surface area contributed by atoms with E-state index in [1.54, 1.807) is 11.3 Å². The number of likely N-dealkylation sites (N-methyl/N-ethyl adjacent to an activating group) is 1. The molecule has 0 bridgehead atoms. The minimum absolute atomic E-state index is 0.401. The van der Waals surface area contributed by atoms with Crippen molar-refractivity contribution in [3.63, 3.8) is 0 Å². The predicted molar refractivity (Wildman–Crippen MR) is 82.8 cm³/mol. The molecule has 0 aromatic carbocycles. The highest BCUT2D eigenvalue weighted by atomic mass is 32.1. The smallest absolute Gasteiger partial charge is 0.133 e. The van der Waals surface area contributed by atoms with Crippen molar-refractivity contribution >= 4 is 17.2 Å². The van der Waals surface area contributed by atoms with Crippen LogP contribution in [-0.2, 0) is 13.0 Å². The maximum absolute atomic E-state index is 5.86. The van der Waals surface area contributed by atoms with Gasteiger partial charge in [-0.15, -0.1) is 11.3 Å². The Morgan fingerprint density at radius 2 is 2.21 bits per heavy atom. The Bertz CT molecular complexity index is 522. The van der Waals surface area contributed by atoms with Crippen LogP contribution in [0.1, 0.15) is 22.9 Å². The number of aromatic nitrogens is 1. The van der Waals surface area contributed by atoms with Crippen molar-refractivity contribution in [1.29, 1.82) is 0 Å². The average Bonchev–Trinajstić information content (AvgIpc) is 2.90. The third-order valence-electron chi connectivity index (χ3n) is 3.54. The quantitative estimate of drug-likeness (QED) is 0.912. The lowest BCUT2D eigenvalue weighted by atomic mass is 10.1. The maximum atomic E-state index is 5.86. The number of rotatable bonds is 5. The van der Waals surface area contributed by atoms with Crippen molar-refractivity contribution in [2.24, 2.45) is 5.73 Å². The molecule has 0 fully saturated rings. The van der Waals surface area contributed by atoms with Crippen LogP contribution in [-0.4, -0.2) is 18.1 Å². The number of hydrogen-bond donors (Lipinski definition) is 1. The first-order valence-corrected chi connectivity index (χ1v) is 7.41. The largest absolute Gasteiger partial charge is 0.356 e. The fraction of sp³-hybridized carbons (Fsp3) is 0.400. The van der Waals surface area contributed by atoms with Crippen LogP contribution in [0, 0.1) is 6.92 Å². The van der Waals surface area contributed by atoms with Crippen LogP contribution >= 0.6 is 11.3 Å². The molecule has 0 radical (unpaired) electrons. The Hall–Kier alpha value is -1.39. The molecule has 2 N–H and O–H groups in total. The van der Waals surface area contributed by atoms with Crippen molar-refractivity contribution in [2.75, 3.05) is 11.9 Å². The number of hydrogen-bond acceptors (Lipinski definition) is 4. The van der Waals surface area contributed by atoms with E-state index in [1.165, 1.54) is 10.4 Å². The van der Waals surface area contributed by atoms with Crippen molar-refractivity contribution < 1.29 is 0 Å². The molecule has 4 heteroatoms. The number of anilines is 1. The van der Waals surface area contributed by atoms with Gasteiger partial charge in [0.05, 0.1) is 0 Å². The topological polar surface area (TPSA) is 42.2 Å². The normalized spacial score (nSPS) is 12.4. The van der Waals surface area contributed by atoms with E-state index in [9.17, 15) is 0 Å². The highest BCUT2D eigenvalue weighted by molar-refractivity contribution is 7.09. The predicted octanol–water partition coefficient (Wildman–Crippen LogP) is 2.98. The summed E-state index contributed by atoms with van der Waals surface area (Å²) in [6.45, 7) is 4.85. The summed E-state index contributed by atoms with van der Waals surface area (Å²) >= 11 is 1.81. The zero-order chi connectivity index (χ0) is 13.8. The Balaban J connectivity index is 2.19. The molecule has 0 spiro atoms. The van der Waals surface area contributed by atoms with Crippen molar-refractivity contribution in [2.45, 2.75) is 32.9 Å². The molecule has 1 atom stereocenters. The lowest BCUT2D eigenvalue weighted by molar-refractivity contribution is 0.676. The first kappa shape index (κ1) is 14.0. The Morgan fingerprint density at radius 1 is 1.42 bits per heavy atom. The van der Waals surface area contributed by atoms with Crippen molar-refractivity contribution in [3.05, 3.63) is 45.8 Å². The van der Waals surface area contributed by atoms with Crippen LogP contribution in [0.5, 0.6) is 0 Å². The van der Waals surface area contributed by atoms with Gasteiger partial charge >= 0.3 is 0 Å². The van der Waals surface area contributed by atoms with E-state index in [0.717, 1.165) is 17.8 Å². The minimum atomic E-state index is 0.401. The van der Waals surface area contributed by atoms with Gasteiger partial charge in [-0.05, 0) is 36.9 Å². The summed E-state index contributed by atoms with van der Waals surface area (Å²) in [5.41, 5.74) is 8.21. The van der Waals surface area contributed by atoms with Gasteiger partial charge in [0.25, 0.3) is 0 Å². The molecular weight excluding hydrogens is 254 g/mol. The van der Waals surface area contributed by atoms with Gasteiger partial charge in [0.2, 0.25) is 0 Å². The van der Waals surface area contributed by atoms with Gasteiger partial charge in [0.15, 0.2) is 0 Å². The van der Waals surface area contributed by atoms with Crippen LogP contribution in [0.25, 0.3) is 0 Å². The third kappa shape index (κ3) is 3.14. The molecule has 2 aromatic heterocycles. The number of nitrogens with zero attached hydrogens (tertiary/aromatic N) is 2. The standard InChI is InChI=1S/C15H21N3S/c1-11-6-7-17-15(14(11)10-16)18(3)12(2)9-13-5-4-8-19-13/h4-8,12H,9-10,16H2,1-3H3. The van der Waals surface area contributed by atoms with E-state index in [0.29, 0.717) is 12.6 Å². The number of nitrogens with two attached hydrogens (primary N) is 1. The van der Waals surface area contributed by atoms with Gasteiger partial charge < -0.3 is 10.6 Å². The molecule has 2 rings (SSSR count). The van der Waals surface area contributed by atoms with Crippen molar-refractivity contribution in [1.82, 2.24) is 4.98 Å². The highest BCUT2D eigenvalue weighted by Crippen LogP contribution is 2.23. The fourth-order valence-corrected chi connectivity index (χ4v) is 3.02. The molecule has 0 aliphatic carbocycles. The lowest BCUT2D eigenvalue weighted by Crippen LogP contribution is -2.32. The fourth-order valence-electron chi connectivity index (χ4n) is 2.20. The van der Waals surface area contributed by atoms with Gasteiger partial charge in [-0.1, -0.05) is 6.07 Å². The third-order valence-corrected chi connectivity index (χ3v) is 4.44. The van der Waals surface area contributed by atoms with Crippen LogP contribution in [0.4, 0.5) is 5.82 Å². The van der Waals surface area contributed by atoms with Crippen LogP contribution in [0.15, 0.2) is 29.8 Å². The molecule has 19 heavy (non-hydrogen) atoms. The summed E-state index contributed by atoms with van der Waals surface area (Å²) in [4.78, 5) is 8.15. The number of thiophene rings is 1. The molecule has 0 saturated carbocycles. The Kier molecular flexibility index (Phi) is 4.56. The summed E-state index contributed by atoms with van der Waals surface area (Å²) in [5.74, 6) is 1.01. The first-order valence-electron chi connectivity index (χ1n) is 6.53. The Labute approximate surface area is 119 Å². The second-order valence-electron chi connectivity index (χ2n) is 4.88. The van der Waals surface area contributed by atoms with E-state index in [-0.39, 0.29) is 0 Å². The molecule has 0 saturated heterocycles. The monoisotopic (exact) mass is 275 g/mol. The van der Waals surface area contributed by atoms with E-state index in [1.807, 2.05) is 12.3 Å². The molecule has 0 aliphatic rings. The van der Waals surface area contributed by atoms with Crippen molar-refractivity contribution in [3.8, 4) is 0 Å². The summed E-state index contributed by atoms with van der Waals surface area (Å²) in [6.07, 6.45) is 2.89. The maximum Gasteiger partial charge on any atom is 0.133 e. The molecule has 3 nitrogen and oxygen atoms in total. The zero-order valence-electron chi connectivity index (χ0n) is 11.8. The Morgan fingerprint density at radius 3 is 2.84 bits per heavy atom. The van der Waals surface area contributed by atoms with Gasteiger partial charge in [0.1, 0.15) is 5.82 Å². The van der Waals surface area contributed by atoms with E-state index < -0.39 is 0 Å². The van der Waals surface area contributed by atoms with Crippen LogP contribution in [0.3, 0.4) is 0 Å². The second kappa shape index (κ2) is 6.17. The molecule has 1 unspecified atom stereocenters. The van der Waals surface area contributed by atoms with Crippen LogP contribution in [0.2, 0.25) is 0 Å². The first-order chi connectivity index (χ1) is 9.13. The zero-order valence-corrected chi connectivity index (χ0v) is 12.6. The molecule has 2 aromatic rings. The minimum Gasteiger partial charge on any atom is -0.356 e. The van der Waals surface area contributed by atoms with Gasteiger partial charge in [-0.25, -0.2) is 4.98 Å². The van der Waals surface area contributed by atoms with Gasteiger partial charge in [-0.2, -0.15) is 0 Å². The molecule has 0 amide bonds. The summed E-state index contributed by atoms with van der Waals surface area (Å²) in [5, 5.41) is 2.12. The van der Waals surface area contributed by atoms with E-state index in [4.69, 9.17) is 5.73 Å². The average molecular weight is 275 g/mol. The van der Waals surface area contributed by atoms with E-state index >= 15 is 0 Å². The second-order valence-corrected chi connectivity index (χ2v) is 5.91. The van der Waals surface area contributed by atoms with E-state index in [2.05, 4.69) is 48.3 Å². The number of pyridine rings is 1. The van der Waals surface area contributed by atoms with Gasteiger partial charge in [-0.3, -0.25) is 0 Å². The molecular formula is C15H21N3S. The lowest BCUT2D eigenvalue weighted by Gasteiger charge is -2.28. The van der Waals surface area contributed by atoms with Gasteiger partial charge in [0, 0.05) is 42.7 Å². The molecule has 2 heterocycles. The van der Waals surface area contributed by atoms with Crippen LogP contribution < -0.4 is 10.6 Å².